The number of aromatic hydroxyl groups is 1. The Morgan fingerprint density at radius 1 is 1.12 bits per heavy atom. The number of phenols is 1. The highest BCUT2D eigenvalue weighted by Gasteiger charge is 2.05. The van der Waals surface area contributed by atoms with Crippen LogP contribution in [0.2, 0.25) is 5.02 Å². The SMILES string of the molecule is COc1cc(Cl)ccc1Sc1ccc(O)cc1. The van der Waals surface area contributed by atoms with Crippen LogP contribution >= 0.6 is 23.4 Å². The molecule has 0 spiro atoms. The van der Waals surface area contributed by atoms with Gasteiger partial charge >= 0.3 is 0 Å². The molecule has 0 atom stereocenters. The summed E-state index contributed by atoms with van der Waals surface area (Å²) >= 11 is 7.46. The minimum absolute atomic E-state index is 0.262. The highest BCUT2D eigenvalue weighted by atomic mass is 35.5. The molecule has 0 aromatic heterocycles. The molecule has 0 aliphatic rings. The van der Waals surface area contributed by atoms with E-state index >= 15 is 0 Å². The van der Waals surface area contributed by atoms with Crippen LogP contribution < -0.4 is 4.74 Å². The fourth-order valence-electron chi connectivity index (χ4n) is 1.37. The number of phenolic OH excluding ortho intramolecular Hbond substituents is 1. The molecular weight excluding hydrogens is 256 g/mol. The molecule has 0 aliphatic carbocycles. The first-order valence-corrected chi connectivity index (χ1v) is 6.19. The Morgan fingerprint density at radius 3 is 2.47 bits per heavy atom. The predicted molar refractivity (Wildman–Crippen MR) is 70.2 cm³/mol. The van der Waals surface area contributed by atoms with Crippen LogP contribution in [0.25, 0.3) is 0 Å². The second kappa shape index (κ2) is 5.34. The number of methoxy groups -OCH3 is 1. The van der Waals surface area contributed by atoms with Crippen molar-refractivity contribution in [1.29, 1.82) is 0 Å². The third-order valence-corrected chi connectivity index (χ3v) is 3.49. The van der Waals surface area contributed by atoms with Crippen LogP contribution in [0.15, 0.2) is 52.3 Å². The third kappa shape index (κ3) is 3.08. The van der Waals surface area contributed by atoms with E-state index in [0.717, 1.165) is 15.5 Å². The first-order valence-electron chi connectivity index (χ1n) is 4.99. The van der Waals surface area contributed by atoms with Crippen molar-refractivity contribution < 1.29 is 9.84 Å². The normalized spacial score (nSPS) is 10.2. The summed E-state index contributed by atoms with van der Waals surface area (Å²) in [6.45, 7) is 0. The lowest BCUT2D eigenvalue weighted by molar-refractivity contribution is 0.405. The summed E-state index contributed by atoms with van der Waals surface area (Å²) in [6.07, 6.45) is 0. The molecule has 2 nitrogen and oxygen atoms in total. The van der Waals surface area contributed by atoms with Crippen LogP contribution in [-0.4, -0.2) is 12.2 Å². The Hall–Kier alpha value is -1.32. The lowest BCUT2D eigenvalue weighted by atomic mass is 10.3. The molecule has 88 valence electrons. The molecule has 0 unspecified atom stereocenters. The van der Waals surface area contributed by atoms with Crippen molar-refractivity contribution in [3.05, 3.63) is 47.5 Å². The summed E-state index contributed by atoms with van der Waals surface area (Å²) in [6, 6.07) is 12.5. The van der Waals surface area contributed by atoms with E-state index < -0.39 is 0 Å². The van der Waals surface area contributed by atoms with Gasteiger partial charge in [-0.15, -0.1) is 0 Å². The lowest BCUT2D eigenvalue weighted by Gasteiger charge is -2.08. The van der Waals surface area contributed by atoms with Gasteiger partial charge in [0.2, 0.25) is 0 Å². The van der Waals surface area contributed by atoms with Gasteiger partial charge in [0.05, 0.1) is 12.0 Å². The maximum Gasteiger partial charge on any atom is 0.134 e. The van der Waals surface area contributed by atoms with E-state index in [1.165, 1.54) is 0 Å². The standard InChI is InChI=1S/C13H11ClO2S/c1-16-12-8-9(14)2-7-13(12)17-11-5-3-10(15)4-6-11/h2-8,15H,1H3. The fourth-order valence-corrected chi connectivity index (χ4v) is 2.43. The van der Waals surface area contributed by atoms with Gasteiger partial charge < -0.3 is 9.84 Å². The smallest absolute Gasteiger partial charge is 0.134 e. The quantitative estimate of drug-likeness (QED) is 0.903. The Balaban J connectivity index is 2.26. The molecule has 2 aromatic carbocycles. The molecule has 0 radical (unpaired) electrons. The highest BCUT2D eigenvalue weighted by molar-refractivity contribution is 7.99. The zero-order chi connectivity index (χ0) is 12.3. The molecule has 0 fully saturated rings. The van der Waals surface area contributed by atoms with E-state index in [1.54, 1.807) is 37.1 Å². The maximum atomic E-state index is 9.21. The Labute approximate surface area is 109 Å². The van der Waals surface area contributed by atoms with Crippen LogP contribution in [0, 0.1) is 0 Å². The number of ether oxygens (including phenoxy) is 1. The summed E-state index contributed by atoms with van der Waals surface area (Å²) in [7, 11) is 1.62. The van der Waals surface area contributed by atoms with Gasteiger partial charge in [-0.3, -0.25) is 0 Å². The summed E-state index contributed by atoms with van der Waals surface area (Å²) in [5.74, 6) is 1.01. The molecule has 0 heterocycles. The van der Waals surface area contributed by atoms with Crippen LogP contribution in [0.4, 0.5) is 0 Å². The first-order chi connectivity index (χ1) is 8.19. The van der Waals surface area contributed by atoms with Crippen molar-refractivity contribution in [1.82, 2.24) is 0 Å². The molecule has 1 N–H and O–H groups in total. The molecule has 0 saturated carbocycles. The molecule has 17 heavy (non-hydrogen) atoms. The maximum absolute atomic E-state index is 9.21. The third-order valence-electron chi connectivity index (χ3n) is 2.19. The Kier molecular flexibility index (Phi) is 3.82. The van der Waals surface area contributed by atoms with Gasteiger partial charge in [0.15, 0.2) is 0 Å². The number of benzene rings is 2. The topological polar surface area (TPSA) is 29.5 Å². The molecule has 4 heteroatoms. The van der Waals surface area contributed by atoms with Crippen LogP contribution in [-0.2, 0) is 0 Å². The fraction of sp³-hybridized carbons (Fsp3) is 0.0769. The molecule has 0 saturated heterocycles. The van der Waals surface area contributed by atoms with Gasteiger partial charge in [-0.2, -0.15) is 0 Å². The van der Waals surface area contributed by atoms with E-state index in [-0.39, 0.29) is 5.75 Å². The van der Waals surface area contributed by atoms with Crippen LogP contribution in [0.1, 0.15) is 0 Å². The number of hydrogen-bond acceptors (Lipinski definition) is 3. The second-order valence-electron chi connectivity index (χ2n) is 3.39. The van der Waals surface area contributed by atoms with Crippen LogP contribution in [0.3, 0.4) is 0 Å². The zero-order valence-corrected chi connectivity index (χ0v) is 10.8. The Bertz CT molecular complexity index is 511. The second-order valence-corrected chi connectivity index (χ2v) is 4.94. The number of rotatable bonds is 3. The molecule has 0 bridgehead atoms. The van der Waals surface area contributed by atoms with E-state index in [9.17, 15) is 5.11 Å². The lowest BCUT2D eigenvalue weighted by Crippen LogP contribution is -1.85. The largest absolute Gasteiger partial charge is 0.508 e. The molecular formula is C13H11ClO2S. The average Bonchev–Trinajstić information content (AvgIpc) is 2.34. The van der Waals surface area contributed by atoms with Gasteiger partial charge in [0, 0.05) is 9.92 Å². The zero-order valence-electron chi connectivity index (χ0n) is 9.18. The number of hydrogen-bond donors (Lipinski definition) is 1. The first kappa shape index (κ1) is 12.1. The minimum atomic E-state index is 0.262. The number of halogens is 1. The van der Waals surface area contributed by atoms with Crippen LogP contribution in [0.5, 0.6) is 11.5 Å². The molecule has 0 amide bonds. The van der Waals surface area contributed by atoms with Crippen molar-refractivity contribution in [2.75, 3.05) is 7.11 Å². The van der Waals surface area contributed by atoms with Crippen molar-refractivity contribution in [3.63, 3.8) is 0 Å². The minimum Gasteiger partial charge on any atom is -0.508 e. The molecule has 2 aromatic rings. The predicted octanol–water partition coefficient (Wildman–Crippen LogP) is 4.21. The van der Waals surface area contributed by atoms with E-state index in [2.05, 4.69) is 0 Å². The summed E-state index contributed by atoms with van der Waals surface area (Å²) < 4.78 is 5.27. The average molecular weight is 267 g/mol. The van der Waals surface area contributed by atoms with Crippen molar-refractivity contribution in [2.45, 2.75) is 9.79 Å². The monoisotopic (exact) mass is 266 g/mol. The summed E-state index contributed by atoms with van der Waals surface area (Å²) in [5, 5.41) is 9.86. The van der Waals surface area contributed by atoms with Crippen molar-refractivity contribution in [2.24, 2.45) is 0 Å². The molecule has 2 rings (SSSR count). The van der Waals surface area contributed by atoms with E-state index in [0.29, 0.717) is 5.02 Å². The van der Waals surface area contributed by atoms with Gasteiger partial charge in [-0.25, -0.2) is 0 Å². The van der Waals surface area contributed by atoms with Crippen molar-refractivity contribution in [3.8, 4) is 11.5 Å². The van der Waals surface area contributed by atoms with E-state index in [1.807, 2.05) is 24.3 Å². The Morgan fingerprint density at radius 2 is 1.82 bits per heavy atom. The van der Waals surface area contributed by atoms with Crippen molar-refractivity contribution >= 4 is 23.4 Å². The van der Waals surface area contributed by atoms with E-state index in [4.69, 9.17) is 16.3 Å². The van der Waals surface area contributed by atoms with Gasteiger partial charge in [-0.1, -0.05) is 23.4 Å². The highest BCUT2D eigenvalue weighted by Crippen LogP contribution is 2.36. The molecule has 0 aliphatic heterocycles. The summed E-state index contributed by atoms with van der Waals surface area (Å²) in [5.41, 5.74) is 0. The van der Waals surface area contributed by atoms with Gasteiger partial charge in [0.1, 0.15) is 11.5 Å². The van der Waals surface area contributed by atoms with Gasteiger partial charge in [-0.05, 0) is 42.5 Å². The van der Waals surface area contributed by atoms with Gasteiger partial charge in [0.25, 0.3) is 0 Å². The summed E-state index contributed by atoms with van der Waals surface area (Å²) in [4.78, 5) is 2.02.